The summed E-state index contributed by atoms with van der Waals surface area (Å²) in [5.74, 6) is -1.11. The van der Waals surface area contributed by atoms with Crippen molar-refractivity contribution in [2.45, 2.75) is 25.9 Å². The molecule has 0 radical (unpaired) electrons. The van der Waals surface area contributed by atoms with Crippen molar-refractivity contribution < 1.29 is 18.7 Å². The zero-order chi connectivity index (χ0) is 28.6. The molecule has 0 aromatic heterocycles. The van der Waals surface area contributed by atoms with E-state index in [1.54, 1.807) is 17.0 Å². The van der Waals surface area contributed by atoms with Gasteiger partial charge in [-0.25, -0.2) is 4.39 Å². The summed E-state index contributed by atoms with van der Waals surface area (Å²) in [6.45, 7) is 5.16. The van der Waals surface area contributed by atoms with E-state index in [0.717, 1.165) is 35.5 Å². The van der Waals surface area contributed by atoms with Crippen molar-refractivity contribution in [3.05, 3.63) is 131 Å². The molecule has 7 heteroatoms. The Kier molecular flexibility index (Phi) is 9.06. The third-order valence-corrected chi connectivity index (χ3v) is 7.36. The van der Waals surface area contributed by atoms with Crippen LogP contribution >= 0.6 is 0 Å². The number of rotatable bonds is 9. The molecule has 1 unspecified atom stereocenters. The number of ether oxygens (including phenoxy) is 1. The highest BCUT2D eigenvalue weighted by Gasteiger charge is 2.32. The summed E-state index contributed by atoms with van der Waals surface area (Å²) in [7, 11) is 0. The van der Waals surface area contributed by atoms with Crippen LogP contribution in [0.4, 0.5) is 15.8 Å². The second kappa shape index (κ2) is 13.2. The fourth-order valence-electron chi connectivity index (χ4n) is 5.10. The van der Waals surface area contributed by atoms with Gasteiger partial charge in [0.1, 0.15) is 11.9 Å². The minimum absolute atomic E-state index is 0.111. The molecule has 1 atom stereocenters. The van der Waals surface area contributed by atoms with Gasteiger partial charge in [-0.15, -0.1) is 0 Å². The van der Waals surface area contributed by atoms with Crippen LogP contribution in [0.25, 0.3) is 0 Å². The van der Waals surface area contributed by atoms with Crippen LogP contribution in [-0.2, 0) is 27.3 Å². The molecule has 5 rings (SSSR count). The lowest BCUT2D eigenvalue weighted by Gasteiger charge is -2.32. The number of hydrogen-bond donors (Lipinski definition) is 1. The van der Waals surface area contributed by atoms with Crippen molar-refractivity contribution in [2.24, 2.45) is 0 Å². The van der Waals surface area contributed by atoms with E-state index >= 15 is 0 Å². The Morgan fingerprint density at radius 1 is 0.902 bits per heavy atom. The van der Waals surface area contributed by atoms with E-state index in [1.165, 1.54) is 12.1 Å². The average Bonchev–Trinajstić information content (AvgIpc) is 2.99. The standard InChI is InChI=1S/C34H34FN3O3/c1-25-8-5-6-11-28(25)24-38(32(39)22-26-9-3-2-4-10-26)33(27-12-7-13-29(35)23-27)34(40)36-30-14-16-31(17-15-30)37-18-20-41-21-19-37/h2-17,23,33H,18-22,24H2,1H3,(H,36,40). The topological polar surface area (TPSA) is 61.9 Å². The number of carbonyl (C=O) groups is 2. The molecule has 1 N–H and O–H groups in total. The smallest absolute Gasteiger partial charge is 0.251 e. The number of nitrogens with one attached hydrogen (secondary N) is 1. The monoisotopic (exact) mass is 551 g/mol. The Balaban J connectivity index is 1.47. The van der Waals surface area contributed by atoms with Crippen molar-refractivity contribution in [1.82, 2.24) is 4.90 Å². The summed E-state index contributed by atoms with van der Waals surface area (Å²) < 4.78 is 19.9. The number of aryl methyl sites for hydroxylation is 1. The van der Waals surface area contributed by atoms with E-state index in [9.17, 15) is 14.0 Å². The van der Waals surface area contributed by atoms with Crippen LogP contribution < -0.4 is 10.2 Å². The number of hydrogen-bond acceptors (Lipinski definition) is 4. The maximum Gasteiger partial charge on any atom is 0.251 e. The predicted octanol–water partition coefficient (Wildman–Crippen LogP) is 5.92. The van der Waals surface area contributed by atoms with Gasteiger partial charge in [0.15, 0.2) is 0 Å². The third kappa shape index (κ3) is 7.18. The van der Waals surface area contributed by atoms with Gasteiger partial charge in [-0.2, -0.15) is 0 Å². The first-order valence-corrected chi connectivity index (χ1v) is 13.8. The molecule has 0 spiro atoms. The fraction of sp³-hybridized carbons (Fsp3) is 0.235. The van der Waals surface area contributed by atoms with Crippen molar-refractivity contribution >= 4 is 23.2 Å². The van der Waals surface area contributed by atoms with Crippen molar-refractivity contribution in [1.29, 1.82) is 0 Å². The first-order chi connectivity index (χ1) is 20.0. The molecule has 1 fully saturated rings. The zero-order valence-corrected chi connectivity index (χ0v) is 23.1. The molecule has 4 aromatic carbocycles. The van der Waals surface area contributed by atoms with Gasteiger partial charge in [0, 0.05) is 31.0 Å². The van der Waals surface area contributed by atoms with Gasteiger partial charge in [-0.05, 0) is 65.6 Å². The fourth-order valence-corrected chi connectivity index (χ4v) is 5.10. The minimum atomic E-state index is -1.06. The van der Waals surface area contributed by atoms with Crippen LogP contribution in [-0.4, -0.2) is 43.0 Å². The number of benzene rings is 4. The Labute approximate surface area is 240 Å². The van der Waals surface area contributed by atoms with Gasteiger partial charge in [0.25, 0.3) is 5.91 Å². The van der Waals surface area contributed by atoms with Crippen LogP contribution in [0.2, 0.25) is 0 Å². The number of nitrogens with zero attached hydrogens (tertiary/aromatic N) is 2. The lowest BCUT2D eigenvalue weighted by Crippen LogP contribution is -2.42. The highest BCUT2D eigenvalue weighted by molar-refractivity contribution is 5.98. The highest BCUT2D eigenvalue weighted by Crippen LogP contribution is 2.28. The van der Waals surface area contributed by atoms with Crippen LogP contribution in [0.15, 0.2) is 103 Å². The molecule has 6 nitrogen and oxygen atoms in total. The Bertz CT molecular complexity index is 1470. The van der Waals surface area contributed by atoms with Crippen molar-refractivity contribution in [2.75, 3.05) is 36.5 Å². The molecule has 1 heterocycles. The number of morpholine rings is 1. The lowest BCUT2D eigenvalue weighted by atomic mass is 10.00. The number of anilines is 2. The maximum atomic E-state index is 14.5. The van der Waals surface area contributed by atoms with E-state index in [4.69, 9.17) is 4.74 Å². The van der Waals surface area contributed by atoms with E-state index in [1.807, 2.05) is 85.8 Å². The second-order valence-electron chi connectivity index (χ2n) is 10.2. The lowest BCUT2D eigenvalue weighted by molar-refractivity contribution is -0.139. The number of amides is 2. The van der Waals surface area contributed by atoms with Crippen LogP contribution in [0, 0.1) is 12.7 Å². The second-order valence-corrected chi connectivity index (χ2v) is 10.2. The number of halogens is 1. The molecule has 0 bridgehead atoms. The average molecular weight is 552 g/mol. The van der Waals surface area contributed by atoms with E-state index < -0.39 is 17.8 Å². The van der Waals surface area contributed by atoms with Gasteiger partial charge in [0.05, 0.1) is 19.6 Å². The number of carbonyl (C=O) groups excluding carboxylic acids is 2. The summed E-state index contributed by atoms with van der Waals surface area (Å²) in [6.07, 6.45) is 0.111. The molecule has 4 aromatic rings. The van der Waals surface area contributed by atoms with Crippen LogP contribution in [0.3, 0.4) is 0 Å². The molecule has 1 aliphatic heterocycles. The SMILES string of the molecule is Cc1ccccc1CN(C(=O)Cc1ccccc1)C(C(=O)Nc1ccc(N2CCOCC2)cc1)c1cccc(F)c1. The van der Waals surface area contributed by atoms with Crippen molar-refractivity contribution in [3.63, 3.8) is 0 Å². The van der Waals surface area contributed by atoms with E-state index in [0.29, 0.717) is 24.5 Å². The Morgan fingerprint density at radius 3 is 2.32 bits per heavy atom. The molecule has 1 aliphatic rings. The summed E-state index contributed by atoms with van der Waals surface area (Å²) in [4.78, 5) is 31.8. The molecule has 1 saturated heterocycles. The highest BCUT2D eigenvalue weighted by atomic mass is 19.1. The zero-order valence-electron chi connectivity index (χ0n) is 23.1. The first-order valence-electron chi connectivity index (χ1n) is 13.8. The van der Waals surface area contributed by atoms with E-state index in [2.05, 4.69) is 10.2 Å². The minimum Gasteiger partial charge on any atom is -0.378 e. The van der Waals surface area contributed by atoms with Crippen LogP contribution in [0.1, 0.15) is 28.3 Å². The predicted molar refractivity (Wildman–Crippen MR) is 159 cm³/mol. The summed E-state index contributed by atoms with van der Waals surface area (Å²) >= 11 is 0. The summed E-state index contributed by atoms with van der Waals surface area (Å²) in [6, 6.07) is 29.7. The molecule has 0 saturated carbocycles. The van der Waals surface area contributed by atoms with Gasteiger partial charge in [0.2, 0.25) is 5.91 Å². The van der Waals surface area contributed by atoms with E-state index in [-0.39, 0.29) is 18.9 Å². The Hall–Kier alpha value is -4.49. The molecule has 0 aliphatic carbocycles. The quantitative estimate of drug-likeness (QED) is 0.281. The maximum absolute atomic E-state index is 14.5. The molecular formula is C34H34FN3O3. The summed E-state index contributed by atoms with van der Waals surface area (Å²) in [5, 5.41) is 2.99. The van der Waals surface area contributed by atoms with Crippen molar-refractivity contribution in [3.8, 4) is 0 Å². The Morgan fingerprint density at radius 2 is 1.61 bits per heavy atom. The van der Waals surface area contributed by atoms with Gasteiger partial charge < -0.3 is 19.9 Å². The molecule has 210 valence electrons. The van der Waals surface area contributed by atoms with Gasteiger partial charge >= 0.3 is 0 Å². The largest absolute Gasteiger partial charge is 0.378 e. The third-order valence-electron chi connectivity index (χ3n) is 7.36. The van der Waals surface area contributed by atoms with Gasteiger partial charge in [-0.3, -0.25) is 9.59 Å². The summed E-state index contributed by atoms with van der Waals surface area (Å²) in [5.41, 5.74) is 4.80. The van der Waals surface area contributed by atoms with Gasteiger partial charge in [-0.1, -0.05) is 66.7 Å². The molecule has 41 heavy (non-hydrogen) atoms. The normalized spacial score (nSPS) is 13.9. The van der Waals surface area contributed by atoms with Crippen LogP contribution in [0.5, 0.6) is 0 Å². The molecular weight excluding hydrogens is 517 g/mol. The first kappa shape index (κ1) is 28.1. The molecule has 2 amide bonds.